The summed E-state index contributed by atoms with van der Waals surface area (Å²) in [6.45, 7) is 7.61. The van der Waals surface area contributed by atoms with Crippen LogP contribution in [0.25, 0.3) is 0 Å². The van der Waals surface area contributed by atoms with Gasteiger partial charge in [-0.1, -0.05) is 6.92 Å². The number of rotatable bonds is 7. The average Bonchev–Trinajstić information content (AvgIpc) is 2.26. The highest BCUT2D eigenvalue weighted by atomic mass is 16.2. The van der Waals surface area contributed by atoms with Crippen LogP contribution >= 0.6 is 0 Å². The zero-order chi connectivity index (χ0) is 17.4. The second-order valence-corrected chi connectivity index (χ2v) is 4.78. The van der Waals surface area contributed by atoms with Crippen LogP contribution in [-0.2, 0) is 28.8 Å². The van der Waals surface area contributed by atoms with Gasteiger partial charge >= 0.3 is 0 Å². The number of Topliss-reactive ketones (excluding diaryl/α,β-unsaturated/α-hetero) is 6. The predicted molar refractivity (Wildman–Crippen MR) is 75.8 cm³/mol. The van der Waals surface area contributed by atoms with Crippen LogP contribution < -0.4 is 0 Å². The van der Waals surface area contributed by atoms with Gasteiger partial charge in [0.15, 0.2) is 23.1 Å². The molecule has 0 atom stereocenters. The minimum Gasteiger partial charge on any atom is -0.300 e. The molecule has 0 unspecified atom stereocenters. The average molecular weight is 298 g/mol. The van der Waals surface area contributed by atoms with E-state index in [1.807, 2.05) is 0 Å². The first-order valence-electron chi connectivity index (χ1n) is 6.49. The Bertz CT molecular complexity index is 425. The van der Waals surface area contributed by atoms with Crippen molar-refractivity contribution >= 4 is 34.7 Å². The molecule has 0 amide bonds. The van der Waals surface area contributed by atoms with Crippen molar-refractivity contribution in [2.45, 2.75) is 54.4 Å². The molecule has 6 nitrogen and oxygen atoms in total. The molecule has 0 aromatic carbocycles. The zero-order valence-electron chi connectivity index (χ0n) is 13.4. The summed E-state index contributed by atoms with van der Waals surface area (Å²) in [5.41, 5.74) is -2.05. The van der Waals surface area contributed by atoms with Gasteiger partial charge in [0.2, 0.25) is 5.41 Å². The van der Waals surface area contributed by atoms with Crippen molar-refractivity contribution < 1.29 is 28.8 Å². The van der Waals surface area contributed by atoms with Crippen LogP contribution in [0, 0.1) is 5.41 Å². The molecule has 0 heterocycles. The normalized spacial score (nSPS) is 10.0. The molecule has 0 saturated heterocycles. The van der Waals surface area contributed by atoms with E-state index in [2.05, 4.69) is 0 Å². The van der Waals surface area contributed by atoms with Crippen molar-refractivity contribution in [3.8, 4) is 0 Å². The molecule has 0 saturated carbocycles. The highest BCUT2D eigenvalue weighted by Crippen LogP contribution is 2.24. The minimum absolute atomic E-state index is 0.00125. The van der Waals surface area contributed by atoms with Gasteiger partial charge in [0, 0.05) is 6.42 Å². The van der Waals surface area contributed by atoms with Crippen molar-refractivity contribution in [1.29, 1.82) is 0 Å². The van der Waals surface area contributed by atoms with E-state index < -0.39 is 28.5 Å². The molecular formula is C15H22O6. The molecule has 0 radical (unpaired) electrons. The van der Waals surface area contributed by atoms with Gasteiger partial charge in [0.25, 0.3) is 0 Å². The summed E-state index contributed by atoms with van der Waals surface area (Å²) in [6.07, 6.45) is 0.0821. The highest BCUT2D eigenvalue weighted by molar-refractivity contribution is 6.37. The number of ketones is 6. The summed E-state index contributed by atoms with van der Waals surface area (Å²) in [6, 6.07) is 0. The second-order valence-electron chi connectivity index (χ2n) is 4.78. The summed E-state index contributed by atoms with van der Waals surface area (Å²) in [5.74, 6) is -2.82. The van der Waals surface area contributed by atoms with Crippen LogP contribution in [0.1, 0.15) is 54.4 Å². The molecule has 0 bridgehead atoms. The lowest BCUT2D eigenvalue weighted by Crippen LogP contribution is -2.49. The van der Waals surface area contributed by atoms with Crippen LogP contribution in [0.3, 0.4) is 0 Å². The highest BCUT2D eigenvalue weighted by Gasteiger charge is 2.50. The molecule has 0 aromatic rings. The van der Waals surface area contributed by atoms with Crippen LogP contribution in [0.4, 0.5) is 0 Å². The van der Waals surface area contributed by atoms with Crippen LogP contribution in [-0.4, -0.2) is 34.7 Å². The molecule has 0 aliphatic rings. The number of hydrogen-bond donors (Lipinski definition) is 0. The van der Waals surface area contributed by atoms with Gasteiger partial charge in [-0.25, -0.2) is 0 Å². The summed E-state index contributed by atoms with van der Waals surface area (Å²) >= 11 is 0. The van der Waals surface area contributed by atoms with E-state index >= 15 is 0 Å². The van der Waals surface area contributed by atoms with E-state index in [4.69, 9.17) is 0 Å². The van der Waals surface area contributed by atoms with E-state index in [1.165, 1.54) is 20.8 Å². The van der Waals surface area contributed by atoms with E-state index in [9.17, 15) is 28.8 Å². The van der Waals surface area contributed by atoms with Crippen LogP contribution in [0.15, 0.2) is 0 Å². The van der Waals surface area contributed by atoms with Crippen molar-refractivity contribution in [3.05, 3.63) is 0 Å². The maximum Gasteiger partial charge on any atom is 0.202 e. The summed E-state index contributed by atoms with van der Waals surface area (Å²) < 4.78 is 0. The Morgan fingerprint density at radius 2 is 0.952 bits per heavy atom. The Balaban J connectivity index is 0. The van der Waals surface area contributed by atoms with Gasteiger partial charge in [0.05, 0.1) is 6.42 Å². The lowest BCUT2D eigenvalue weighted by molar-refractivity contribution is -0.152. The van der Waals surface area contributed by atoms with Crippen molar-refractivity contribution in [2.24, 2.45) is 5.41 Å². The van der Waals surface area contributed by atoms with Crippen molar-refractivity contribution in [3.63, 3.8) is 0 Å². The summed E-state index contributed by atoms with van der Waals surface area (Å²) in [7, 11) is 0. The van der Waals surface area contributed by atoms with E-state index in [0.717, 1.165) is 20.8 Å². The third-order valence-corrected chi connectivity index (χ3v) is 2.82. The standard InChI is InChI=1S/C10H14O4.C5H8O2/c1-5-9(14)10(6(2)11,7(3)12)8(4)13;1-4(6)3-5(2)7/h5H2,1-4H3;3H2,1-2H3. The molecule has 0 aliphatic carbocycles. The van der Waals surface area contributed by atoms with E-state index in [0.29, 0.717) is 0 Å². The molecule has 0 aliphatic heterocycles. The third-order valence-electron chi connectivity index (χ3n) is 2.82. The zero-order valence-corrected chi connectivity index (χ0v) is 13.4. The second kappa shape index (κ2) is 9.05. The third kappa shape index (κ3) is 5.89. The summed E-state index contributed by atoms with van der Waals surface area (Å²) in [5, 5.41) is 0. The predicted octanol–water partition coefficient (Wildman–Crippen LogP) is 1.27. The first kappa shape index (κ1) is 21.3. The molecule has 6 heteroatoms. The van der Waals surface area contributed by atoms with Gasteiger partial charge in [-0.2, -0.15) is 0 Å². The van der Waals surface area contributed by atoms with Crippen LogP contribution in [0.5, 0.6) is 0 Å². The van der Waals surface area contributed by atoms with Gasteiger partial charge in [-0.05, 0) is 34.6 Å². The Labute approximate surface area is 124 Å². The quantitative estimate of drug-likeness (QED) is 0.656. The molecule has 0 spiro atoms. The molecule has 0 fully saturated rings. The number of carbonyl (C=O) groups excluding carboxylic acids is 6. The molecule has 21 heavy (non-hydrogen) atoms. The summed E-state index contributed by atoms with van der Waals surface area (Å²) in [4.78, 5) is 65.4. The maximum atomic E-state index is 11.5. The van der Waals surface area contributed by atoms with Gasteiger partial charge in [0.1, 0.15) is 11.6 Å². The van der Waals surface area contributed by atoms with Gasteiger partial charge in [-0.3, -0.25) is 28.8 Å². The lowest BCUT2D eigenvalue weighted by atomic mass is 9.72. The Morgan fingerprint density at radius 1 is 0.667 bits per heavy atom. The smallest absolute Gasteiger partial charge is 0.202 e. The van der Waals surface area contributed by atoms with Gasteiger partial charge in [-0.15, -0.1) is 0 Å². The van der Waals surface area contributed by atoms with Gasteiger partial charge < -0.3 is 0 Å². The Hall–Kier alpha value is -1.98. The fourth-order valence-electron chi connectivity index (χ4n) is 1.95. The first-order chi connectivity index (χ1) is 9.44. The fourth-order valence-corrected chi connectivity index (χ4v) is 1.95. The van der Waals surface area contributed by atoms with Crippen molar-refractivity contribution in [2.75, 3.05) is 0 Å². The van der Waals surface area contributed by atoms with Crippen molar-refractivity contribution in [1.82, 2.24) is 0 Å². The van der Waals surface area contributed by atoms with E-state index in [1.54, 1.807) is 0 Å². The topological polar surface area (TPSA) is 102 Å². The number of carbonyl (C=O) groups is 6. The largest absolute Gasteiger partial charge is 0.300 e. The van der Waals surface area contributed by atoms with Crippen LogP contribution in [0.2, 0.25) is 0 Å². The Kier molecular flexibility index (Phi) is 9.19. The maximum absolute atomic E-state index is 11.5. The fraction of sp³-hybridized carbons (Fsp3) is 0.600. The molecule has 0 N–H and O–H groups in total. The molecule has 0 rings (SSSR count). The minimum atomic E-state index is -2.05. The number of hydrogen-bond acceptors (Lipinski definition) is 6. The monoisotopic (exact) mass is 298 g/mol. The molecule has 118 valence electrons. The SMILES string of the molecule is CC(=O)CC(C)=O.CCC(=O)C(C(C)=O)(C(C)=O)C(C)=O. The molecule has 0 aromatic heterocycles. The lowest BCUT2D eigenvalue weighted by Gasteiger charge is -2.23. The Morgan fingerprint density at radius 3 is 1.00 bits per heavy atom. The molecular weight excluding hydrogens is 276 g/mol. The van der Waals surface area contributed by atoms with E-state index in [-0.39, 0.29) is 24.4 Å². The first-order valence-corrected chi connectivity index (χ1v) is 6.49.